The first-order chi connectivity index (χ1) is 9.10. The number of carbonyl (C=O) groups excluding carboxylic acids is 1. The van der Waals surface area contributed by atoms with Gasteiger partial charge < -0.3 is 14.5 Å². The van der Waals surface area contributed by atoms with Crippen LogP contribution in [0.5, 0.6) is 0 Å². The Bertz CT molecular complexity index is 595. The molecule has 5 nitrogen and oxygen atoms in total. The van der Waals surface area contributed by atoms with E-state index in [0.29, 0.717) is 12.3 Å². The predicted octanol–water partition coefficient (Wildman–Crippen LogP) is 3.14. The molecule has 0 aromatic carbocycles. The Morgan fingerprint density at radius 2 is 2.32 bits per heavy atom. The average molecular weight is 325 g/mol. The molecular weight excluding hydrogens is 312 g/mol. The van der Waals surface area contributed by atoms with Gasteiger partial charge in [0, 0.05) is 0 Å². The quantitative estimate of drug-likeness (QED) is 0.691. The van der Waals surface area contributed by atoms with Crippen LogP contribution in [-0.4, -0.2) is 18.1 Å². The summed E-state index contributed by atoms with van der Waals surface area (Å²) in [4.78, 5) is 15.4. The van der Waals surface area contributed by atoms with Crippen molar-refractivity contribution in [2.45, 2.75) is 13.5 Å². The molecule has 0 fully saturated rings. The fourth-order valence-corrected chi connectivity index (χ4v) is 1.74. The number of ether oxygens (including phenoxy) is 1. The number of carbonyl (C=O) groups is 1. The van der Waals surface area contributed by atoms with Crippen LogP contribution >= 0.6 is 15.9 Å². The fraction of sp³-hybridized carbons (Fsp3) is 0.231. The smallest absolute Gasteiger partial charge is 0.373 e. The summed E-state index contributed by atoms with van der Waals surface area (Å²) in [5, 5.41) is 3.17. The third kappa shape index (κ3) is 3.35. The zero-order valence-corrected chi connectivity index (χ0v) is 12.2. The second kappa shape index (κ2) is 5.88. The van der Waals surface area contributed by atoms with Gasteiger partial charge in [0.25, 0.3) is 0 Å². The lowest BCUT2D eigenvalue weighted by Crippen LogP contribution is -2.00. The Labute approximate surface area is 119 Å². The fourth-order valence-electron chi connectivity index (χ4n) is 1.53. The van der Waals surface area contributed by atoms with Crippen molar-refractivity contribution in [3.05, 3.63) is 46.1 Å². The minimum absolute atomic E-state index is 0.199. The second-order valence-corrected chi connectivity index (χ2v) is 4.69. The standard InChI is InChI=1S/C13H13BrN2O3/c1-8-5-9(6-16-12(8)14)15-7-10-3-4-11(19-10)13(17)18-2/h3-6,15H,7H2,1-2H3. The van der Waals surface area contributed by atoms with E-state index in [-0.39, 0.29) is 5.76 Å². The summed E-state index contributed by atoms with van der Waals surface area (Å²) < 4.78 is 10.7. The highest BCUT2D eigenvalue weighted by Crippen LogP contribution is 2.18. The number of anilines is 1. The Kier molecular flexibility index (Phi) is 4.21. The van der Waals surface area contributed by atoms with Gasteiger partial charge in [0.1, 0.15) is 10.4 Å². The van der Waals surface area contributed by atoms with E-state index in [1.54, 1.807) is 18.3 Å². The molecule has 0 aliphatic carbocycles. The van der Waals surface area contributed by atoms with Gasteiger partial charge in [0.15, 0.2) is 0 Å². The predicted molar refractivity (Wildman–Crippen MR) is 74.0 cm³/mol. The van der Waals surface area contributed by atoms with E-state index in [4.69, 9.17) is 4.42 Å². The van der Waals surface area contributed by atoms with Crippen molar-refractivity contribution in [3.63, 3.8) is 0 Å². The van der Waals surface area contributed by atoms with Gasteiger partial charge in [-0.1, -0.05) is 0 Å². The third-order valence-corrected chi connectivity index (χ3v) is 3.36. The highest BCUT2D eigenvalue weighted by atomic mass is 79.9. The first-order valence-corrected chi connectivity index (χ1v) is 6.42. The Morgan fingerprint density at radius 3 is 3.00 bits per heavy atom. The number of hydrogen-bond donors (Lipinski definition) is 1. The number of aromatic nitrogens is 1. The summed E-state index contributed by atoms with van der Waals surface area (Å²) in [7, 11) is 1.32. The third-order valence-electron chi connectivity index (χ3n) is 2.53. The van der Waals surface area contributed by atoms with Gasteiger partial charge in [0.05, 0.1) is 25.5 Å². The zero-order chi connectivity index (χ0) is 13.8. The Balaban J connectivity index is 2.00. The van der Waals surface area contributed by atoms with Gasteiger partial charge in [-0.2, -0.15) is 0 Å². The summed E-state index contributed by atoms with van der Waals surface area (Å²) in [6.45, 7) is 2.43. The van der Waals surface area contributed by atoms with Crippen LogP contribution in [0.3, 0.4) is 0 Å². The molecule has 0 spiro atoms. The molecule has 0 unspecified atom stereocenters. The molecule has 2 aromatic rings. The lowest BCUT2D eigenvalue weighted by Gasteiger charge is -2.05. The van der Waals surface area contributed by atoms with Crippen LogP contribution in [0.1, 0.15) is 21.9 Å². The van der Waals surface area contributed by atoms with Crippen molar-refractivity contribution in [2.75, 3.05) is 12.4 Å². The minimum atomic E-state index is -0.479. The minimum Gasteiger partial charge on any atom is -0.463 e. The molecule has 0 aliphatic rings. The molecule has 0 saturated carbocycles. The molecule has 100 valence electrons. The number of esters is 1. The van der Waals surface area contributed by atoms with Gasteiger partial charge in [-0.15, -0.1) is 0 Å². The molecule has 2 heterocycles. The highest BCUT2D eigenvalue weighted by Gasteiger charge is 2.10. The first kappa shape index (κ1) is 13.6. The number of furan rings is 1. The van der Waals surface area contributed by atoms with Crippen LogP contribution < -0.4 is 5.32 Å². The van der Waals surface area contributed by atoms with E-state index in [0.717, 1.165) is 15.9 Å². The van der Waals surface area contributed by atoms with Crippen molar-refractivity contribution < 1.29 is 13.9 Å². The molecule has 0 atom stereocenters. The van der Waals surface area contributed by atoms with Gasteiger partial charge in [-0.3, -0.25) is 0 Å². The second-order valence-electron chi connectivity index (χ2n) is 3.94. The number of rotatable bonds is 4. The number of methoxy groups -OCH3 is 1. The Hall–Kier alpha value is -1.82. The van der Waals surface area contributed by atoms with E-state index in [9.17, 15) is 4.79 Å². The Morgan fingerprint density at radius 1 is 1.53 bits per heavy atom. The van der Waals surface area contributed by atoms with Crippen LogP contribution in [0.2, 0.25) is 0 Å². The maximum absolute atomic E-state index is 11.2. The number of pyridine rings is 1. The van der Waals surface area contributed by atoms with Gasteiger partial charge in [-0.05, 0) is 46.6 Å². The van der Waals surface area contributed by atoms with Gasteiger partial charge in [0.2, 0.25) is 5.76 Å². The summed E-state index contributed by atoms with van der Waals surface area (Å²) in [5.41, 5.74) is 1.93. The largest absolute Gasteiger partial charge is 0.463 e. The summed E-state index contributed by atoms with van der Waals surface area (Å²) in [6.07, 6.45) is 1.72. The zero-order valence-electron chi connectivity index (χ0n) is 10.6. The van der Waals surface area contributed by atoms with Crippen molar-refractivity contribution in [3.8, 4) is 0 Å². The SMILES string of the molecule is COC(=O)c1ccc(CNc2cnc(Br)c(C)c2)o1. The molecule has 2 aromatic heterocycles. The molecule has 6 heteroatoms. The lowest BCUT2D eigenvalue weighted by atomic mass is 10.3. The van der Waals surface area contributed by atoms with Crippen LogP contribution in [-0.2, 0) is 11.3 Å². The van der Waals surface area contributed by atoms with Crippen molar-refractivity contribution in [2.24, 2.45) is 0 Å². The number of hydrogen-bond acceptors (Lipinski definition) is 5. The van der Waals surface area contributed by atoms with E-state index in [2.05, 4.69) is 31.0 Å². The van der Waals surface area contributed by atoms with Gasteiger partial charge in [-0.25, -0.2) is 9.78 Å². The molecule has 0 aliphatic heterocycles. The molecule has 19 heavy (non-hydrogen) atoms. The van der Waals surface area contributed by atoms with E-state index in [1.165, 1.54) is 7.11 Å². The van der Waals surface area contributed by atoms with Gasteiger partial charge >= 0.3 is 5.97 Å². The normalized spacial score (nSPS) is 10.3. The monoisotopic (exact) mass is 324 g/mol. The maximum atomic E-state index is 11.2. The molecule has 0 saturated heterocycles. The van der Waals surface area contributed by atoms with Crippen molar-refractivity contribution in [1.82, 2.24) is 4.98 Å². The van der Waals surface area contributed by atoms with E-state index >= 15 is 0 Å². The number of nitrogens with zero attached hydrogens (tertiary/aromatic N) is 1. The van der Waals surface area contributed by atoms with Crippen molar-refractivity contribution in [1.29, 1.82) is 0 Å². The number of nitrogens with one attached hydrogen (secondary N) is 1. The van der Waals surface area contributed by atoms with Crippen LogP contribution in [0, 0.1) is 6.92 Å². The summed E-state index contributed by atoms with van der Waals surface area (Å²) >= 11 is 3.34. The molecular formula is C13H13BrN2O3. The number of halogens is 1. The molecule has 0 bridgehead atoms. The van der Waals surface area contributed by atoms with Crippen LogP contribution in [0.15, 0.2) is 33.4 Å². The average Bonchev–Trinajstić information content (AvgIpc) is 2.88. The molecule has 0 amide bonds. The maximum Gasteiger partial charge on any atom is 0.373 e. The molecule has 0 radical (unpaired) electrons. The summed E-state index contributed by atoms with van der Waals surface area (Å²) in [6, 6.07) is 5.30. The van der Waals surface area contributed by atoms with Crippen LogP contribution in [0.25, 0.3) is 0 Å². The van der Waals surface area contributed by atoms with Crippen molar-refractivity contribution >= 4 is 27.6 Å². The van der Waals surface area contributed by atoms with E-state index < -0.39 is 5.97 Å². The van der Waals surface area contributed by atoms with Crippen LogP contribution in [0.4, 0.5) is 5.69 Å². The highest BCUT2D eigenvalue weighted by molar-refractivity contribution is 9.10. The molecule has 1 N–H and O–H groups in total. The van der Waals surface area contributed by atoms with E-state index in [1.807, 2.05) is 13.0 Å². The first-order valence-electron chi connectivity index (χ1n) is 5.63. The number of aryl methyl sites for hydroxylation is 1. The molecule has 2 rings (SSSR count). The summed E-state index contributed by atoms with van der Waals surface area (Å²) in [5.74, 6) is 0.373. The topological polar surface area (TPSA) is 64.4 Å². The lowest BCUT2D eigenvalue weighted by molar-refractivity contribution is 0.0563.